The molecule has 2 aliphatic rings. The fraction of sp³-hybridized carbons (Fsp3) is 0.545. The van der Waals surface area contributed by atoms with Gasteiger partial charge < -0.3 is 19.5 Å². The van der Waals surface area contributed by atoms with Crippen molar-refractivity contribution >= 4 is 34.8 Å². The highest BCUT2D eigenvalue weighted by Crippen LogP contribution is 2.33. The van der Waals surface area contributed by atoms with Gasteiger partial charge in [0.2, 0.25) is 0 Å². The highest BCUT2D eigenvalue weighted by molar-refractivity contribution is 7.14. The third kappa shape index (κ3) is 5.86. The predicted molar refractivity (Wildman–Crippen MR) is 121 cm³/mol. The summed E-state index contributed by atoms with van der Waals surface area (Å²) >= 11 is 1.60. The number of carboxylic acid groups (broad SMARTS) is 1. The van der Waals surface area contributed by atoms with E-state index in [0.29, 0.717) is 12.6 Å². The minimum atomic E-state index is -0.759. The summed E-state index contributed by atoms with van der Waals surface area (Å²) in [5.41, 5.74) is 1.98. The SMILES string of the molecule is Cl.O=C(O)CCN(c1nc(-c2ccc(OC3CCOCC3)cc2)cs1)C1CCCC1. The maximum Gasteiger partial charge on any atom is 0.305 e. The molecule has 0 spiro atoms. The number of aromatic nitrogens is 1. The average molecular weight is 453 g/mol. The van der Waals surface area contributed by atoms with Crippen LogP contribution in [0.25, 0.3) is 11.3 Å². The first-order valence-corrected chi connectivity index (χ1v) is 11.4. The molecule has 0 unspecified atom stereocenters. The summed E-state index contributed by atoms with van der Waals surface area (Å²) in [5, 5.41) is 12.1. The number of anilines is 1. The largest absolute Gasteiger partial charge is 0.490 e. The average Bonchev–Trinajstić information content (AvgIpc) is 3.42. The van der Waals surface area contributed by atoms with Gasteiger partial charge in [0.15, 0.2) is 5.13 Å². The normalized spacial score (nSPS) is 17.5. The molecule has 1 N–H and O–H groups in total. The van der Waals surface area contributed by atoms with Gasteiger partial charge in [0, 0.05) is 36.4 Å². The first-order chi connectivity index (χ1) is 14.2. The molecule has 0 bridgehead atoms. The van der Waals surface area contributed by atoms with Crippen molar-refractivity contribution in [3.05, 3.63) is 29.6 Å². The van der Waals surface area contributed by atoms with Crippen LogP contribution in [0.2, 0.25) is 0 Å². The van der Waals surface area contributed by atoms with E-state index in [9.17, 15) is 4.79 Å². The molecule has 1 aliphatic heterocycles. The van der Waals surface area contributed by atoms with E-state index in [1.165, 1.54) is 12.8 Å². The van der Waals surface area contributed by atoms with Gasteiger partial charge in [0.1, 0.15) is 11.9 Å². The lowest BCUT2D eigenvalue weighted by Crippen LogP contribution is -2.35. The molecule has 2 aromatic rings. The van der Waals surface area contributed by atoms with Crippen molar-refractivity contribution in [3.63, 3.8) is 0 Å². The van der Waals surface area contributed by atoms with Gasteiger partial charge in [0.05, 0.1) is 25.3 Å². The molecule has 164 valence electrons. The Kier molecular flexibility index (Phi) is 8.36. The smallest absolute Gasteiger partial charge is 0.305 e. The maximum atomic E-state index is 11.1. The van der Waals surface area contributed by atoms with E-state index in [1.807, 2.05) is 24.3 Å². The number of thiazole rings is 1. The predicted octanol–water partition coefficient (Wildman–Crippen LogP) is 5.01. The van der Waals surface area contributed by atoms with Gasteiger partial charge in [-0.3, -0.25) is 4.79 Å². The van der Waals surface area contributed by atoms with Crippen LogP contribution in [0.5, 0.6) is 5.75 Å². The van der Waals surface area contributed by atoms with Crippen LogP contribution in [0.15, 0.2) is 29.6 Å². The molecule has 0 atom stereocenters. The summed E-state index contributed by atoms with van der Waals surface area (Å²) in [6, 6.07) is 8.50. The number of rotatable bonds is 8. The van der Waals surface area contributed by atoms with Crippen molar-refractivity contribution in [1.82, 2.24) is 4.98 Å². The number of benzene rings is 1. The molecular formula is C22H29ClN2O4S. The van der Waals surface area contributed by atoms with E-state index in [-0.39, 0.29) is 24.9 Å². The molecule has 1 aliphatic carbocycles. The Balaban J connectivity index is 0.00000256. The van der Waals surface area contributed by atoms with Gasteiger partial charge >= 0.3 is 5.97 Å². The minimum absolute atomic E-state index is 0. The van der Waals surface area contributed by atoms with Gasteiger partial charge in [-0.25, -0.2) is 4.98 Å². The zero-order chi connectivity index (χ0) is 20.1. The van der Waals surface area contributed by atoms with Gasteiger partial charge in [0.25, 0.3) is 0 Å². The fourth-order valence-corrected chi connectivity index (χ4v) is 5.02. The van der Waals surface area contributed by atoms with E-state index in [2.05, 4.69) is 10.3 Å². The summed E-state index contributed by atoms with van der Waals surface area (Å²) in [6.45, 7) is 2.05. The fourth-order valence-electron chi connectivity index (χ4n) is 4.09. The van der Waals surface area contributed by atoms with Crippen molar-refractivity contribution < 1.29 is 19.4 Å². The second-order valence-electron chi connectivity index (χ2n) is 7.74. The zero-order valence-corrected chi connectivity index (χ0v) is 18.6. The second kappa shape index (κ2) is 11.0. The molecule has 6 nitrogen and oxygen atoms in total. The lowest BCUT2D eigenvalue weighted by molar-refractivity contribution is -0.136. The molecule has 30 heavy (non-hydrogen) atoms. The third-order valence-electron chi connectivity index (χ3n) is 5.69. The summed E-state index contributed by atoms with van der Waals surface area (Å²) in [4.78, 5) is 18.1. The van der Waals surface area contributed by atoms with Crippen molar-refractivity contribution in [2.24, 2.45) is 0 Å². The Morgan fingerprint density at radius 1 is 1.17 bits per heavy atom. The van der Waals surface area contributed by atoms with Gasteiger partial charge in [-0.1, -0.05) is 12.8 Å². The number of ether oxygens (including phenoxy) is 2. The lowest BCUT2D eigenvalue weighted by Gasteiger charge is -2.28. The second-order valence-corrected chi connectivity index (χ2v) is 8.58. The molecule has 4 rings (SSSR count). The Morgan fingerprint density at radius 3 is 2.53 bits per heavy atom. The number of hydrogen-bond donors (Lipinski definition) is 1. The van der Waals surface area contributed by atoms with Crippen molar-refractivity contribution in [1.29, 1.82) is 0 Å². The standard InChI is InChI=1S/C22H28N2O4S.ClH/c25-21(26)9-12-24(17-3-1-2-4-17)22-23-20(15-29-22)16-5-7-18(8-6-16)28-19-10-13-27-14-11-19;/h5-8,15,17,19H,1-4,9-14H2,(H,25,26);1H. The Labute approximate surface area is 187 Å². The first-order valence-electron chi connectivity index (χ1n) is 10.5. The van der Waals surface area contributed by atoms with E-state index >= 15 is 0 Å². The molecule has 8 heteroatoms. The lowest BCUT2D eigenvalue weighted by atomic mass is 10.1. The molecule has 0 amide bonds. The number of carbonyl (C=O) groups is 1. The van der Waals surface area contributed by atoms with Crippen LogP contribution in [0, 0.1) is 0 Å². The molecule has 1 aromatic heterocycles. The zero-order valence-electron chi connectivity index (χ0n) is 17.0. The van der Waals surface area contributed by atoms with E-state index in [1.54, 1.807) is 11.3 Å². The molecular weight excluding hydrogens is 424 g/mol. The van der Waals surface area contributed by atoms with Crippen molar-refractivity contribution in [2.45, 2.75) is 57.1 Å². The summed E-state index contributed by atoms with van der Waals surface area (Å²) in [5.74, 6) is 0.120. The van der Waals surface area contributed by atoms with Crippen LogP contribution in [0.3, 0.4) is 0 Å². The molecule has 2 heterocycles. The number of hydrogen-bond acceptors (Lipinski definition) is 6. The molecule has 2 fully saturated rings. The van der Waals surface area contributed by atoms with Gasteiger partial charge in [-0.15, -0.1) is 23.7 Å². The topological polar surface area (TPSA) is 71.9 Å². The molecule has 0 radical (unpaired) electrons. The Morgan fingerprint density at radius 2 is 1.87 bits per heavy atom. The third-order valence-corrected chi connectivity index (χ3v) is 6.57. The number of aliphatic carboxylic acids is 1. The maximum absolute atomic E-state index is 11.1. The van der Waals surface area contributed by atoms with Crippen molar-refractivity contribution in [2.75, 3.05) is 24.7 Å². The van der Waals surface area contributed by atoms with E-state index in [0.717, 1.165) is 61.0 Å². The monoisotopic (exact) mass is 452 g/mol. The van der Waals surface area contributed by atoms with E-state index in [4.69, 9.17) is 19.6 Å². The van der Waals surface area contributed by atoms with Crippen LogP contribution in [0.4, 0.5) is 5.13 Å². The van der Waals surface area contributed by atoms with Gasteiger partial charge in [-0.2, -0.15) is 0 Å². The summed E-state index contributed by atoms with van der Waals surface area (Å²) < 4.78 is 11.4. The van der Waals surface area contributed by atoms with Crippen LogP contribution in [-0.2, 0) is 9.53 Å². The molecule has 1 saturated carbocycles. The number of halogens is 1. The van der Waals surface area contributed by atoms with Crippen molar-refractivity contribution in [3.8, 4) is 17.0 Å². The minimum Gasteiger partial charge on any atom is -0.490 e. The quantitative estimate of drug-likeness (QED) is 0.606. The highest BCUT2D eigenvalue weighted by atomic mass is 35.5. The Hall–Kier alpha value is -1.83. The number of nitrogens with zero attached hydrogens (tertiary/aromatic N) is 2. The number of carboxylic acids is 1. The van der Waals surface area contributed by atoms with Crippen LogP contribution < -0.4 is 9.64 Å². The van der Waals surface area contributed by atoms with Crippen LogP contribution >= 0.6 is 23.7 Å². The van der Waals surface area contributed by atoms with Crippen LogP contribution in [-0.4, -0.2) is 48.0 Å². The molecule has 1 aromatic carbocycles. The van der Waals surface area contributed by atoms with E-state index < -0.39 is 5.97 Å². The molecule has 1 saturated heterocycles. The summed E-state index contributed by atoms with van der Waals surface area (Å²) in [7, 11) is 0. The Bertz CT molecular complexity index is 802. The highest BCUT2D eigenvalue weighted by Gasteiger charge is 2.25. The van der Waals surface area contributed by atoms with Crippen LogP contribution in [0.1, 0.15) is 44.9 Å². The summed E-state index contributed by atoms with van der Waals surface area (Å²) in [6.07, 6.45) is 6.90. The van der Waals surface area contributed by atoms with Gasteiger partial charge in [-0.05, 0) is 37.1 Å². The first kappa shape index (κ1) is 22.8.